The lowest BCUT2D eigenvalue weighted by Gasteiger charge is -2.25. The quantitative estimate of drug-likeness (QED) is 0.815. The van der Waals surface area contributed by atoms with Gasteiger partial charge in [0, 0.05) is 11.9 Å². The van der Waals surface area contributed by atoms with Crippen LogP contribution < -0.4 is 5.32 Å². The van der Waals surface area contributed by atoms with Crippen LogP contribution in [0.3, 0.4) is 0 Å². The molecule has 0 atom stereocenters. The van der Waals surface area contributed by atoms with Crippen molar-refractivity contribution in [1.82, 2.24) is 5.32 Å². The highest BCUT2D eigenvalue weighted by Crippen LogP contribution is 2.28. The molecule has 1 amide bonds. The summed E-state index contributed by atoms with van der Waals surface area (Å²) >= 11 is 18.0. The average molecular weight is 321 g/mol. The third-order valence-electron chi connectivity index (χ3n) is 3.52. The molecule has 19 heavy (non-hydrogen) atoms. The van der Waals surface area contributed by atoms with Gasteiger partial charge in [-0.15, -0.1) is 11.6 Å². The van der Waals surface area contributed by atoms with Gasteiger partial charge < -0.3 is 5.32 Å². The second-order valence-electron chi connectivity index (χ2n) is 4.93. The van der Waals surface area contributed by atoms with E-state index >= 15 is 0 Å². The SMILES string of the molecule is O=C(NCC1CCC(Cl)CC1)c1cccc(Cl)c1Cl. The Morgan fingerprint density at radius 2 is 1.89 bits per heavy atom. The summed E-state index contributed by atoms with van der Waals surface area (Å²) in [7, 11) is 0. The molecule has 1 saturated carbocycles. The zero-order valence-electron chi connectivity index (χ0n) is 10.5. The maximum Gasteiger partial charge on any atom is 0.252 e. The van der Waals surface area contributed by atoms with Crippen molar-refractivity contribution in [1.29, 1.82) is 0 Å². The summed E-state index contributed by atoms with van der Waals surface area (Å²) < 4.78 is 0. The number of hydrogen-bond donors (Lipinski definition) is 1. The lowest BCUT2D eigenvalue weighted by atomic mass is 9.89. The number of alkyl halides is 1. The van der Waals surface area contributed by atoms with Crippen molar-refractivity contribution < 1.29 is 4.79 Å². The van der Waals surface area contributed by atoms with Crippen LogP contribution in [-0.4, -0.2) is 17.8 Å². The number of carbonyl (C=O) groups excluding carboxylic acids is 1. The van der Waals surface area contributed by atoms with Crippen LogP contribution >= 0.6 is 34.8 Å². The van der Waals surface area contributed by atoms with Gasteiger partial charge in [-0.1, -0.05) is 29.3 Å². The molecule has 5 heteroatoms. The average Bonchev–Trinajstić information content (AvgIpc) is 2.41. The van der Waals surface area contributed by atoms with Gasteiger partial charge in [0.15, 0.2) is 0 Å². The molecule has 1 fully saturated rings. The maximum atomic E-state index is 12.0. The van der Waals surface area contributed by atoms with Gasteiger partial charge in [-0.3, -0.25) is 4.79 Å². The Kier molecular flexibility index (Phi) is 5.37. The smallest absolute Gasteiger partial charge is 0.252 e. The molecule has 104 valence electrons. The number of nitrogens with one attached hydrogen (secondary N) is 1. The molecule has 0 radical (unpaired) electrons. The summed E-state index contributed by atoms with van der Waals surface area (Å²) in [5.41, 5.74) is 0.431. The summed E-state index contributed by atoms with van der Waals surface area (Å²) in [5.74, 6) is 0.345. The molecule has 0 unspecified atom stereocenters. The van der Waals surface area contributed by atoms with E-state index in [-0.39, 0.29) is 5.91 Å². The van der Waals surface area contributed by atoms with Gasteiger partial charge in [-0.25, -0.2) is 0 Å². The van der Waals surface area contributed by atoms with Crippen LogP contribution in [0.1, 0.15) is 36.0 Å². The number of hydrogen-bond acceptors (Lipinski definition) is 1. The second kappa shape index (κ2) is 6.83. The van der Waals surface area contributed by atoms with E-state index in [2.05, 4.69) is 5.32 Å². The molecule has 0 bridgehead atoms. The third kappa shape index (κ3) is 4.01. The molecule has 0 heterocycles. The first kappa shape index (κ1) is 15.0. The van der Waals surface area contributed by atoms with E-state index in [1.54, 1.807) is 18.2 Å². The van der Waals surface area contributed by atoms with E-state index in [9.17, 15) is 4.79 Å². The van der Waals surface area contributed by atoms with Crippen LogP contribution in [-0.2, 0) is 0 Å². The van der Waals surface area contributed by atoms with Crippen molar-refractivity contribution in [3.8, 4) is 0 Å². The highest BCUT2D eigenvalue weighted by atomic mass is 35.5. The first-order valence-electron chi connectivity index (χ1n) is 6.44. The first-order valence-corrected chi connectivity index (χ1v) is 7.63. The van der Waals surface area contributed by atoms with Crippen molar-refractivity contribution in [2.24, 2.45) is 5.92 Å². The zero-order valence-corrected chi connectivity index (χ0v) is 12.7. The Balaban J connectivity index is 1.89. The minimum Gasteiger partial charge on any atom is -0.352 e. The van der Waals surface area contributed by atoms with Crippen LogP contribution in [0.2, 0.25) is 10.0 Å². The van der Waals surface area contributed by atoms with Gasteiger partial charge in [0.05, 0.1) is 15.6 Å². The Morgan fingerprint density at radius 1 is 1.21 bits per heavy atom. The summed E-state index contributed by atoms with van der Waals surface area (Å²) in [6.07, 6.45) is 4.19. The molecule has 1 N–H and O–H groups in total. The van der Waals surface area contributed by atoms with Crippen molar-refractivity contribution in [2.75, 3.05) is 6.54 Å². The van der Waals surface area contributed by atoms with E-state index in [0.717, 1.165) is 25.7 Å². The molecule has 0 spiro atoms. The molecular formula is C14H16Cl3NO. The Bertz CT molecular complexity index is 456. The van der Waals surface area contributed by atoms with Gasteiger partial charge >= 0.3 is 0 Å². The fourth-order valence-corrected chi connectivity index (χ4v) is 2.98. The molecule has 0 aliphatic heterocycles. The Morgan fingerprint density at radius 3 is 2.58 bits per heavy atom. The van der Waals surface area contributed by atoms with Crippen LogP contribution in [0.5, 0.6) is 0 Å². The molecule has 1 aliphatic carbocycles. The normalized spacial score (nSPS) is 23.1. The maximum absolute atomic E-state index is 12.0. The number of benzene rings is 1. The summed E-state index contributed by atoms with van der Waals surface area (Å²) in [5, 5.41) is 3.94. The lowest BCUT2D eigenvalue weighted by Crippen LogP contribution is -2.31. The summed E-state index contributed by atoms with van der Waals surface area (Å²) in [6, 6.07) is 5.07. The predicted molar refractivity (Wildman–Crippen MR) is 80.4 cm³/mol. The van der Waals surface area contributed by atoms with E-state index in [4.69, 9.17) is 34.8 Å². The molecule has 0 saturated heterocycles. The zero-order chi connectivity index (χ0) is 13.8. The predicted octanol–water partition coefficient (Wildman–Crippen LogP) is 4.52. The monoisotopic (exact) mass is 319 g/mol. The van der Waals surface area contributed by atoms with E-state index in [1.165, 1.54) is 0 Å². The molecule has 0 aromatic heterocycles. The van der Waals surface area contributed by atoms with Gasteiger partial charge in [-0.2, -0.15) is 0 Å². The van der Waals surface area contributed by atoms with Crippen LogP contribution in [0.15, 0.2) is 18.2 Å². The topological polar surface area (TPSA) is 29.1 Å². The minimum atomic E-state index is -0.166. The van der Waals surface area contributed by atoms with Gasteiger partial charge in [0.1, 0.15) is 0 Å². The number of carbonyl (C=O) groups is 1. The number of halogens is 3. The molecule has 1 aliphatic rings. The standard InChI is InChI=1S/C14H16Cl3NO/c15-10-6-4-9(5-7-10)8-18-14(19)11-2-1-3-12(16)13(11)17/h1-3,9-10H,4-8H2,(H,18,19). The fraction of sp³-hybridized carbons (Fsp3) is 0.500. The highest BCUT2D eigenvalue weighted by Gasteiger charge is 2.20. The van der Waals surface area contributed by atoms with E-state index in [0.29, 0.717) is 33.4 Å². The third-order valence-corrected chi connectivity index (χ3v) is 4.78. The van der Waals surface area contributed by atoms with E-state index in [1.807, 2.05) is 0 Å². The van der Waals surface area contributed by atoms with Crippen molar-refractivity contribution in [2.45, 2.75) is 31.1 Å². The van der Waals surface area contributed by atoms with Crippen molar-refractivity contribution in [3.63, 3.8) is 0 Å². The first-order chi connectivity index (χ1) is 9.08. The van der Waals surface area contributed by atoms with Crippen LogP contribution in [0.4, 0.5) is 0 Å². The molecule has 2 nitrogen and oxygen atoms in total. The largest absolute Gasteiger partial charge is 0.352 e. The van der Waals surface area contributed by atoms with Gasteiger partial charge in [-0.05, 0) is 43.7 Å². The Hall–Kier alpha value is -0.440. The number of rotatable bonds is 3. The van der Waals surface area contributed by atoms with Gasteiger partial charge in [0.2, 0.25) is 0 Å². The van der Waals surface area contributed by atoms with E-state index < -0.39 is 0 Å². The second-order valence-corrected chi connectivity index (χ2v) is 6.33. The van der Waals surface area contributed by atoms with Crippen molar-refractivity contribution in [3.05, 3.63) is 33.8 Å². The summed E-state index contributed by atoms with van der Waals surface area (Å²) in [6.45, 7) is 0.672. The van der Waals surface area contributed by atoms with Gasteiger partial charge in [0.25, 0.3) is 5.91 Å². The fourth-order valence-electron chi connectivity index (χ4n) is 2.34. The molecule has 2 rings (SSSR count). The minimum absolute atomic E-state index is 0.166. The molecule has 1 aromatic carbocycles. The Labute approximate surface area is 128 Å². The number of amides is 1. The highest BCUT2D eigenvalue weighted by molar-refractivity contribution is 6.43. The lowest BCUT2D eigenvalue weighted by molar-refractivity contribution is 0.0944. The van der Waals surface area contributed by atoms with Crippen LogP contribution in [0, 0.1) is 5.92 Å². The van der Waals surface area contributed by atoms with Crippen molar-refractivity contribution >= 4 is 40.7 Å². The van der Waals surface area contributed by atoms with Crippen LogP contribution in [0.25, 0.3) is 0 Å². The molecular weight excluding hydrogens is 305 g/mol. The molecule has 1 aromatic rings. The summed E-state index contributed by atoms with van der Waals surface area (Å²) in [4.78, 5) is 12.0.